The number of hydrogen-bond donors (Lipinski definition) is 2. The molecule has 1 aromatic carbocycles. The van der Waals surface area contributed by atoms with E-state index in [2.05, 4.69) is 51.7 Å². The van der Waals surface area contributed by atoms with Crippen LogP contribution in [-0.4, -0.2) is 50.7 Å². The first kappa shape index (κ1) is 25.7. The van der Waals surface area contributed by atoms with Crippen LogP contribution in [0.1, 0.15) is 36.1 Å². The Bertz CT molecular complexity index is 741. The van der Waals surface area contributed by atoms with Crippen molar-refractivity contribution in [3.63, 3.8) is 0 Å². The number of halogens is 1. The maximum Gasteiger partial charge on any atom is 0.190 e. The Labute approximate surface area is 203 Å². The van der Waals surface area contributed by atoms with Gasteiger partial charge in [-0.2, -0.15) is 0 Å². The molecule has 2 aromatic rings. The molecule has 0 saturated carbocycles. The summed E-state index contributed by atoms with van der Waals surface area (Å²) < 4.78 is 10.9. The minimum absolute atomic E-state index is 0. The number of aliphatic imine (C=N–C) groups is 1. The van der Waals surface area contributed by atoms with Gasteiger partial charge < -0.3 is 19.8 Å². The maximum atomic E-state index is 5.61. The zero-order valence-electron chi connectivity index (χ0n) is 18.8. The van der Waals surface area contributed by atoms with Gasteiger partial charge in [0, 0.05) is 33.3 Å². The van der Waals surface area contributed by atoms with Crippen LogP contribution in [0.2, 0.25) is 0 Å². The molecule has 3 rings (SSSR count). The molecule has 1 aliphatic heterocycles. The molecule has 1 fully saturated rings. The molecule has 2 N–H and O–H groups in total. The van der Waals surface area contributed by atoms with Crippen molar-refractivity contribution in [2.24, 2.45) is 10.9 Å². The van der Waals surface area contributed by atoms with E-state index in [4.69, 9.17) is 9.15 Å². The van der Waals surface area contributed by atoms with Gasteiger partial charge in [0.15, 0.2) is 5.96 Å². The lowest BCUT2D eigenvalue weighted by Gasteiger charge is -2.32. The van der Waals surface area contributed by atoms with Gasteiger partial charge >= 0.3 is 0 Å². The first-order chi connectivity index (χ1) is 14.7. The monoisotopic (exact) mass is 540 g/mol. The predicted octanol–water partition coefficient (Wildman–Crippen LogP) is 4.19. The first-order valence-electron chi connectivity index (χ1n) is 11.1. The number of benzene rings is 1. The number of guanidine groups is 1. The van der Waals surface area contributed by atoms with Gasteiger partial charge in [0.2, 0.25) is 0 Å². The van der Waals surface area contributed by atoms with Crippen LogP contribution in [0.3, 0.4) is 0 Å². The molecule has 0 radical (unpaired) electrons. The van der Waals surface area contributed by atoms with Crippen molar-refractivity contribution in [1.82, 2.24) is 15.5 Å². The molecular formula is C24H37IN4O2. The number of hydrogen-bond acceptors (Lipinski definition) is 4. The van der Waals surface area contributed by atoms with E-state index in [1.165, 1.54) is 37.1 Å². The highest BCUT2D eigenvalue weighted by Gasteiger charge is 2.19. The van der Waals surface area contributed by atoms with Gasteiger partial charge in [-0.15, -0.1) is 24.0 Å². The van der Waals surface area contributed by atoms with Crippen molar-refractivity contribution in [3.05, 3.63) is 59.5 Å². The lowest BCUT2D eigenvalue weighted by molar-refractivity contribution is 0.105. The fraction of sp³-hybridized carbons (Fsp3) is 0.542. The highest BCUT2D eigenvalue weighted by Crippen LogP contribution is 2.18. The minimum Gasteiger partial charge on any atom is -0.467 e. The fourth-order valence-electron chi connectivity index (χ4n) is 3.71. The molecule has 0 unspecified atom stereocenters. The smallest absolute Gasteiger partial charge is 0.190 e. The van der Waals surface area contributed by atoms with Crippen LogP contribution in [0.4, 0.5) is 0 Å². The Kier molecular flexibility index (Phi) is 12.0. The van der Waals surface area contributed by atoms with E-state index >= 15 is 0 Å². The summed E-state index contributed by atoms with van der Waals surface area (Å²) in [6.07, 6.45) is 5.07. The number of rotatable bonds is 10. The Morgan fingerprint density at radius 2 is 1.94 bits per heavy atom. The third-order valence-electron chi connectivity index (χ3n) is 5.60. The maximum absolute atomic E-state index is 5.61. The van der Waals surface area contributed by atoms with Gasteiger partial charge in [0.05, 0.1) is 6.26 Å². The van der Waals surface area contributed by atoms with E-state index < -0.39 is 0 Å². The van der Waals surface area contributed by atoms with E-state index in [1.54, 1.807) is 6.26 Å². The normalized spacial score (nSPS) is 15.5. The van der Waals surface area contributed by atoms with Crippen LogP contribution in [0.25, 0.3) is 0 Å². The highest BCUT2D eigenvalue weighted by molar-refractivity contribution is 14.0. The van der Waals surface area contributed by atoms with E-state index in [0.29, 0.717) is 19.1 Å². The molecule has 1 aliphatic rings. The third kappa shape index (κ3) is 9.62. The summed E-state index contributed by atoms with van der Waals surface area (Å²) in [6.45, 7) is 8.58. The van der Waals surface area contributed by atoms with Gasteiger partial charge in [-0.25, -0.2) is 0 Å². The standard InChI is InChI=1S/C24H36N4O2.HI/c1-20-6-8-22(9-7-20)18-28-13-10-21(11-14-28)17-27-24(25-2)26-12-4-15-29-19-23-5-3-16-30-23;/h3,5-9,16,21H,4,10-15,17-19H2,1-2H3,(H2,25,26,27);1H. The van der Waals surface area contributed by atoms with Crippen LogP contribution >= 0.6 is 24.0 Å². The fourth-order valence-corrected chi connectivity index (χ4v) is 3.71. The Morgan fingerprint density at radius 3 is 2.61 bits per heavy atom. The summed E-state index contributed by atoms with van der Waals surface area (Å²) in [5.74, 6) is 2.45. The van der Waals surface area contributed by atoms with Gasteiger partial charge in [0.25, 0.3) is 0 Å². The summed E-state index contributed by atoms with van der Waals surface area (Å²) in [5, 5.41) is 6.86. The van der Waals surface area contributed by atoms with E-state index in [9.17, 15) is 0 Å². The number of likely N-dealkylation sites (tertiary alicyclic amines) is 1. The van der Waals surface area contributed by atoms with Crippen molar-refractivity contribution < 1.29 is 9.15 Å². The molecule has 1 aromatic heterocycles. The summed E-state index contributed by atoms with van der Waals surface area (Å²) in [7, 11) is 1.83. The van der Waals surface area contributed by atoms with E-state index in [1.807, 2.05) is 19.2 Å². The molecule has 31 heavy (non-hydrogen) atoms. The molecule has 6 nitrogen and oxygen atoms in total. The van der Waals surface area contributed by atoms with Gasteiger partial charge in [0.1, 0.15) is 12.4 Å². The topological polar surface area (TPSA) is 62.0 Å². The third-order valence-corrected chi connectivity index (χ3v) is 5.60. The number of aryl methyl sites for hydroxylation is 1. The SMILES string of the molecule is CN=C(NCCCOCc1ccco1)NCC1CCN(Cc2ccc(C)cc2)CC1.I. The number of nitrogens with zero attached hydrogens (tertiary/aromatic N) is 2. The number of furan rings is 1. The highest BCUT2D eigenvalue weighted by atomic mass is 127. The summed E-state index contributed by atoms with van der Waals surface area (Å²) in [4.78, 5) is 6.90. The van der Waals surface area contributed by atoms with Gasteiger partial charge in [-0.3, -0.25) is 9.89 Å². The molecule has 2 heterocycles. The second-order valence-electron chi connectivity index (χ2n) is 8.07. The summed E-state index contributed by atoms with van der Waals surface area (Å²) in [5.41, 5.74) is 2.74. The zero-order valence-corrected chi connectivity index (χ0v) is 21.1. The van der Waals surface area contributed by atoms with Crippen molar-refractivity contribution in [3.8, 4) is 0 Å². The minimum atomic E-state index is 0. The predicted molar refractivity (Wildman–Crippen MR) is 137 cm³/mol. The van der Waals surface area contributed by atoms with Crippen molar-refractivity contribution in [1.29, 1.82) is 0 Å². The Hall–Kier alpha value is -1.58. The van der Waals surface area contributed by atoms with Crippen molar-refractivity contribution >= 4 is 29.9 Å². The molecule has 172 valence electrons. The Morgan fingerprint density at radius 1 is 1.16 bits per heavy atom. The largest absolute Gasteiger partial charge is 0.467 e. The lowest BCUT2D eigenvalue weighted by Crippen LogP contribution is -2.43. The van der Waals surface area contributed by atoms with Crippen LogP contribution in [-0.2, 0) is 17.9 Å². The molecule has 0 bridgehead atoms. The molecule has 7 heteroatoms. The second kappa shape index (κ2) is 14.5. The van der Waals surface area contributed by atoms with Crippen LogP contribution in [0.5, 0.6) is 0 Å². The zero-order chi connectivity index (χ0) is 21.0. The summed E-state index contributed by atoms with van der Waals surface area (Å²) >= 11 is 0. The summed E-state index contributed by atoms with van der Waals surface area (Å²) in [6, 6.07) is 12.7. The molecule has 0 spiro atoms. The quantitative estimate of drug-likeness (QED) is 0.205. The van der Waals surface area contributed by atoms with Crippen molar-refractivity contribution in [2.45, 2.75) is 39.3 Å². The van der Waals surface area contributed by atoms with Gasteiger partial charge in [-0.05, 0) is 62.9 Å². The Balaban J connectivity index is 0.00000341. The van der Waals surface area contributed by atoms with Gasteiger partial charge in [-0.1, -0.05) is 29.8 Å². The number of piperidine rings is 1. The molecule has 1 saturated heterocycles. The number of ether oxygens (including phenoxy) is 1. The van der Waals surface area contributed by atoms with Crippen molar-refractivity contribution in [2.75, 3.05) is 39.8 Å². The molecule has 0 aliphatic carbocycles. The molecule has 0 amide bonds. The average molecular weight is 540 g/mol. The van der Waals surface area contributed by atoms with Crippen LogP contribution in [0, 0.1) is 12.8 Å². The van der Waals surface area contributed by atoms with E-state index in [-0.39, 0.29) is 24.0 Å². The first-order valence-corrected chi connectivity index (χ1v) is 11.1. The lowest BCUT2D eigenvalue weighted by atomic mass is 9.96. The van der Waals surface area contributed by atoms with Crippen LogP contribution < -0.4 is 10.6 Å². The average Bonchev–Trinajstić information content (AvgIpc) is 3.29. The second-order valence-corrected chi connectivity index (χ2v) is 8.07. The molecular weight excluding hydrogens is 503 g/mol. The molecule has 0 atom stereocenters. The number of nitrogens with one attached hydrogen (secondary N) is 2. The van der Waals surface area contributed by atoms with Crippen LogP contribution in [0.15, 0.2) is 52.1 Å². The van der Waals surface area contributed by atoms with E-state index in [0.717, 1.165) is 37.8 Å².